The smallest absolute Gasteiger partial charge is 0.273 e. The molecule has 0 saturated heterocycles. The minimum atomic E-state index is -0.404. The SMILES string of the molecule is C=C(Cl)CNCc1cc(Br)ccc1[N+](=O)[O-]. The van der Waals surface area contributed by atoms with Crippen LogP contribution in [0.25, 0.3) is 0 Å². The maximum absolute atomic E-state index is 10.7. The number of nitrogens with one attached hydrogen (secondary N) is 1. The fraction of sp³-hybridized carbons (Fsp3) is 0.200. The predicted molar refractivity (Wildman–Crippen MR) is 67.5 cm³/mol. The monoisotopic (exact) mass is 304 g/mol. The van der Waals surface area contributed by atoms with Crippen LogP contribution in [0.4, 0.5) is 5.69 Å². The van der Waals surface area contributed by atoms with Gasteiger partial charge in [0, 0.05) is 34.2 Å². The van der Waals surface area contributed by atoms with Gasteiger partial charge in [-0.2, -0.15) is 0 Å². The molecule has 1 N–H and O–H groups in total. The van der Waals surface area contributed by atoms with E-state index in [1.807, 2.05) is 0 Å². The van der Waals surface area contributed by atoms with Gasteiger partial charge in [0.05, 0.1) is 4.92 Å². The molecule has 0 aromatic heterocycles. The molecule has 0 fully saturated rings. The van der Waals surface area contributed by atoms with Crippen molar-refractivity contribution in [1.29, 1.82) is 0 Å². The number of halogens is 2. The Hall–Kier alpha value is -0.910. The lowest BCUT2D eigenvalue weighted by molar-refractivity contribution is -0.385. The van der Waals surface area contributed by atoms with Gasteiger partial charge in [0.25, 0.3) is 5.69 Å². The molecule has 86 valence electrons. The molecule has 0 amide bonds. The second-order valence-electron chi connectivity index (χ2n) is 3.15. The standard InChI is InChI=1S/C10H10BrClN2O2/c1-7(12)5-13-6-8-4-9(11)2-3-10(8)14(15)16/h2-4,13H,1,5-6H2. The summed E-state index contributed by atoms with van der Waals surface area (Å²) in [5.41, 5.74) is 0.702. The van der Waals surface area contributed by atoms with Gasteiger partial charge in [-0.25, -0.2) is 0 Å². The van der Waals surface area contributed by atoms with E-state index in [-0.39, 0.29) is 5.69 Å². The summed E-state index contributed by atoms with van der Waals surface area (Å²) in [6.45, 7) is 4.32. The summed E-state index contributed by atoms with van der Waals surface area (Å²) < 4.78 is 0.805. The summed E-state index contributed by atoms with van der Waals surface area (Å²) in [5, 5.41) is 14.2. The highest BCUT2D eigenvalue weighted by Gasteiger charge is 2.12. The summed E-state index contributed by atoms with van der Waals surface area (Å²) in [6, 6.07) is 4.82. The second-order valence-corrected chi connectivity index (χ2v) is 4.60. The van der Waals surface area contributed by atoms with E-state index in [4.69, 9.17) is 11.6 Å². The van der Waals surface area contributed by atoms with Crippen LogP contribution in [-0.4, -0.2) is 11.5 Å². The highest BCUT2D eigenvalue weighted by Crippen LogP contribution is 2.22. The number of nitrogens with zero attached hydrogens (tertiary/aromatic N) is 1. The minimum Gasteiger partial charge on any atom is -0.307 e. The van der Waals surface area contributed by atoms with E-state index in [1.165, 1.54) is 6.07 Å². The van der Waals surface area contributed by atoms with Gasteiger partial charge in [-0.3, -0.25) is 10.1 Å². The number of hydrogen-bond acceptors (Lipinski definition) is 3. The molecule has 6 heteroatoms. The number of benzene rings is 1. The fourth-order valence-electron chi connectivity index (χ4n) is 1.21. The first kappa shape index (κ1) is 13.2. The molecule has 0 spiro atoms. The predicted octanol–water partition coefficient (Wildman–Crippen LogP) is 3.20. The van der Waals surface area contributed by atoms with Crippen molar-refractivity contribution in [3.63, 3.8) is 0 Å². The highest BCUT2D eigenvalue weighted by atomic mass is 79.9. The van der Waals surface area contributed by atoms with E-state index in [0.29, 0.717) is 23.7 Å². The van der Waals surface area contributed by atoms with Crippen molar-refractivity contribution in [2.45, 2.75) is 6.54 Å². The molecule has 4 nitrogen and oxygen atoms in total. The van der Waals surface area contributed by atoms with E-state index < -0.39 is 4.92 Å². The Kier molecular flexibility index (Phi) is 4.92. The lowest BCUT2D eigenvalue weighted by atomic mass is 10.2. The first-order valence-corrected chi connectivity index (χ1v) is 5.64. The lowest BCUT2D eigenvalue weighted by Gasteiger charge is -2.05. The summed E-state index contributed by atoms with van der Waals surface area (Å²) in [4.78, 5) is 10.3. The van der Waals surface area contributed by atoms with Gasteiger partial charge in [-0.05, 0) is 12.1 Å². The Bertz CT molecular complexity index is 423. The molecule has 1 rings (SSSR count). The molecule has 0 atom stereocenters. The molecule has 0 radical (unpaired) electrons. The quantitative estimate of drug-likeness (QED) is 0.671. The zero-order chi connectivity index (χ0) is 12.1. The first-order valence-electron chi connectivity index (χ1n) is 4.47. The number of rotatable bonds is 5. The summed E-state index contributed by atoms with van der Waals surface area (Å²) in [6.07, 6.45) is 0. The summed E-state index contributed by atoms with van der Waals surface area (Å²) in [5.74, 6) is 0. The lowest BCUT2D eigenvalue weighted by Crippen LogP contribution is -2.15. The van der Waals surface area contributed by atoms with Gasteiger partial charge in [0.15, 0.2) is 0 Å². The van der Waals surface area contributed by atoms with Crippen LogP contribution in [0.15, 0.2) is 34.3 Å². The van der Waals surface area contributed by atoms with Crippen LogP contribution >= 0.6 is 27.5 Å². The van der Waals surface area contributed by atoms with Crippen molar-refractivity contribution in [2.24, 2.45) is 0 Å². The van der Waals surface area contributed by atoms with Crippen molar-refractivity contribution in [1.82, 2.24) is 5.32 Å². The Balaban J connectivity index is 2.80. The molecule has 1 aromatic rings. The summed E-state index contributed by atoms with van der Waals surface area (Å²) in [7, 11) is 0. The second kappa shape index (κ2) is 5.98. The average molecular weight is 306 g/mol. The van der Waals surface area contributed by atoms with Crippen LogP contribution in [0.1, 0.15) is 5.56 Å². The van der Waals surface area contributed by atoms with E-state index in [9.17, 15) is 10.1 Å². The molecule has 1 aromatic carbocycles. The zero-order valence-corrected chi connectivity index (χ0v) is 10.7. The zero-order valence-electron chi connectivity index (χ0n) is 8.37. The molecule has 0 heterocycles. The van der Waals surface area contributed by atoms with E-state index in [0.717, 1.165) is 4.47 Å². The largest absolute Gasteiger partial charge is 0.307 e. The Morgan fingerprint density at radius 2 is 2.31 bits per heavy atom. The molecule has 0 aliphatic carbocycles. The Morgan fingerprint density at radius 3 is 2.88 bits per heavy atom. The van der Waals surface area contributed by atoms with Gasteiger partial charge < -0.3 is 5.32 Å². The summed E-state index contributed by atoms with van der Waals surface area (Å²) >= 11 is 8.85. The first-order chi connectivity index (χ1) is 7.50. The van der Waals surface area contributed by atoms with Crippen LogP contribution in [-0.2, 0) is 6.54 Å². The highest BCUT2D eigenvalue weighted by molar-refractivity contribution is 9.10. The normalized spacial score (nSPS) is 10.1. The molecule has 0 bridgehead atoms. The third-order valence-corrected chi connectivity index (χ3v) is 2.50. The van der Waals surface area contributed by atoms with Crippen LogP contribution in [0.3, 0.4) is 0 Å². The van der Waals surface area contributed by atoms with Crippen LogP contribution < -0.4 is 5.32 Å². The number of nitro benzene ring substituents is 1. The third-order valence-electron chi connectivity index (χ3n) is 1.87. The Morgan fingerprint density at radius 1 is 1.62 bits per heavy atom. The van der Waals surface area contributed by atoms with Gasteiger partial charge in [-0.15, -0.1) is 0 Å². The van der Waals surface area contributed by atoms with Crippen LogP contribution in [0.5, 0.6) is 0 Å². The molecule has 0 aliphatic rings. The van der Waals surface area contributed by atoms with E-state index in [1.54, 1.807) is 12.1 Å². The molecular formula is C10H10BrClN2O2. The molecule has 0 aliphatic heterocycles. The minimum absolute atomic E-state index is 0.0934. The average Bonchev–Trinajstić information content (AvgIpc) is 2.16. The Labute approximate surface area is 107 Å². The molecule has 16 heavy (non-hydrogen) atoms. The van der Waals surface area contributed by atoms with Gasteiger partial charge in [-0.1, -0.05) is 34.1 Å². The number of hydrogen-bond donors (Lipinski definition) is 1. The third kappa shape index (κ3) is 3.92. The van der Waals surface area contributed by atoms with Gasteiger partial charge in [0.1, 0.15) is 0 Å². The van der Waals surface area contributed by atoms with Gasteiger partial charge >= 0.3 is 0 Å². The maximum atomic E-state index is 10.7. The van der Waals surface area contributed by atoms with Crippen molar-refractivity contribution in [2.75, 3.05) is 6.54 Å². The van der Waals surface area contributed by atoms with Crippen LogP contribution in [0.2, 0.25) is 0 Å². The number of nitro groups is 1. The van der Waals surface area contributed by atoms with Crippen molar-refractivity contribution < 1.29 is 4.92 Å². The van der Waals surface area contributed by atoms with E-state index in [2.05, 4.69) is 27.8 Å². The molecule has 0 unspecified atom stereocenters. The van der Waals surface area contributed by atoms with Crippen LogP contribution in [0, 0.1) is 10.1 Å². The maximum Gasteiger partial charge on any atom is 0.273 e. The van der Waals surface area contributed by atoms with Gasteiger partial charge in [0.2, 0.25) is 0 Å². The molecule has 0 saturated carbocycles. The topological polar surface area (TPSA) is 55.2 Å². The fourth-order valence-corrected chi connectivity index (χ4v) is 1.71. The van der Waals surface area contributed by atoms with Crippen molar-refractivity contribution in [3.05, 3.63) is 50.0 Å². The molecular weight excluding hydrogens is 295 g/mol. The van der Waals surface area contributed by atoms with Crippen molar-refractivity contribution in [3.8, 4) is 0 Å². The van der Waals surface area contributed by atoms with E-state index >= 15 is 0 Å². The van der Waals surface area contributed by atoms with Crippen molar-refractivity contribution >= 4 is 33.2 Å².